The maximum atomic E-state index is 12.0. The number of hydrogen-bond donors (Lipinski definition) is 1. The molecule has 0 amide bonds. The Morgan fingerprint density at radius 1 is 1.19 bits per heavy atom. The molecule has 0 bridgehead atoms. The second-order valence-electron chi connectivity index (χ2n) is 3.22. The van der Waals surface area contributed by atoms with Gasteiger partial charge in [0.05, 0.1) is 0 Å². The molecule has 2 aromatic heterocycles. The Morgan fingerprint density at radius 2 is 1.94 bits per heavy atom. The highest BCUT2D eigenvalue weighted by Crippen LogP contribution is 2.34. The lowest BCUT2D eigenvalue weighted by Crippen LogP contribution is -2.25. The number of aromatic nitrogens is 2. The van der Waals surface area contributed by atoms with Gasteiger partial charge in [0, 0.05) is 5.10 Å². The lowest BCUT2D eigenvalue weighted by molar-refractivity contribution is -0.628. The Hall–Kier alpha value is -1.66. The van der Waals surface area contributed by atoms with Gasteiger partial charge in [-0.1, -0.05) is 30.3 Å². The number of hydrogen-bond acceptors (Lipinski definition) is 5. The minimum absolute atomic E-state index is 0.0980. The van der Waals surface area contributed by atoms with Crippen molar-refractivity contribution in [2.45, 2.75) is 0 Å². The molecule has 1 aromatic carbocycles. The van der Waals surface area contributed by atoms with Crippen LogP contribution in [0.15, 0.2) is 30.3 Å². The number of thiazole rings is 1. The summed E-state index contributed by atoms with van der Waals surface area (Å²) in [5, 5.41) is 16.4. The zero-order chi connectivity index (χ0) is 11.1. The van der Waals surface area contributed by atoms with E-state index in [0.29, 0.717) is 10.0 Å². The smallest absolute Gasteiger partial charge is 0.354 e. The highest BCUT2D eigenvalue weighted by atomic mass is 32.2. The number of rotatable bonds is 1. The van der Waals surface area contributed by atoms with Crippen LogP contribution in [0.2, 0.25) is 0 Å². The molecular weight excluding hydrogens is 242 g/mol. The van der Waals surface area contributed by atoms with Crippen LogP contribution in [0, 0.1) is 0 Å². The number of fused-ring (bicyclic) bond motifs is 1. The zero-order valence-electron chi connectivity index (χ0n) is 8.08. The lowest BCUT2D eigenvalue weighted by atomic mass is 10.2. The second kappa shape index (κ2) is 3.43. The molecule has 0 aliphatic carbocycles. The van der Waals surface area contributed by atoms with Crippen LogP contribution in [0.3, 0.4) is 0 Å². The molecule has 16 heavy (non-hydrogen) atoms. The van der Waals surface area contributed by atoms with Crippen molar-refractivity contribution in [3.8, 4) is 16.3 Å². The van der Waals surface area contributed by atoms with E-state index in [1.54, 1.807) is 0 Å². The van der Waals surface area contributed by atoms with Crippen molar-refractivity contribution in [2.24, 2.45) is 0 Å². The van der Waals surface area contributed by atoms with E-state index in [9.17, 15) is 5.11 Å². The van der Waals surface area contributed by atoms with Gasteiger partial charge in [-0.2, -0.15) is 0 Å². The summed E-state index contributed by atoms with van der Waals surface area (Å²) in [6.45, 7) is 0. The number of nitrogen functional groups attached to an aromatic ring is 1. The Labute approximate surface area is 99.2 Å². The Morgan fingerprint density at radius 3 is 2.62 bits per heavy atom. The van der Waals surface area contributed by atoms with Crippen molar-refractivity contribution in [3.05, 3.63) is 30.3 Å². The Bertz CT molecular complexity index is 645. The van der Waals surface area contributed by atoms with E-state index in [-0.39, 0.29) is 5.88 Å². The van der Waals surface area contributed by atoms with E-state index in [4.69, 9.17) is 5.73 Å². The van der Waals surface area contributed by atoms with E-state index in [1.165, 1.54) is 27.2 Å². The first kappa shape index (κ1) is 9.56. The zero-order valence-corrected chi connectivity index (χ0v) is 9.72. The van der Waals surface area contributed by atoms with Gasteiger partial charge in [0.15, 0.2) is 0 Å². The molecule has 80 valence electrons. The molecule has 0 fully saturated rings. The normalized spacial score (nSPS) is 11.0. The topological polar surface area (TPSA) is 66.1 Å². The van der Waals surface area contributed by atoms with Gasteiger partial charge in [-0.05, 0) is 32.8 Å². The van der Waals surface area contributed by atoms with Gasteiger partial charge in [0.25, 0.3) is 5.13 Å². The molecule has 0 atom stereocenters. The van der Waals surface area contributed by atoms with Gasteiger partial charge in [-0.25, -0.2) is 0 Å². The average molecular weight is 249 g/mol. The van der Waals surface area contributed by atoms with E-state index in [1.807, 2.05) is 30.3 Å². The van der Waals surface area contributed by atoms with E-state index >= 15 is 0 Å². The number of benzene rings is 1. The van der Waals surface area contributed by atoms with Crippen LogP contribution < -0.4 is 15.4 Å². The van der Waals surface area contributed by atoms with Gasteiger partial charge in [-0.3, -0.25) is 0 Å². The summed E-state index contributed by atoms with van der Waals surface area (Å²) in [7, 11) is 0. The summed E-state index contributed by atoms with van der Waals surface area (Å²) in [4.78, 5) is 0.708. The summed E-state index contributed by atoms with van der Waals surface area (Å²) in [6, 6.07) is 9.58. The molecule has 0 aliphatic heterocycles. The minimum atomic E-state index is -0.0980. The third-order valence-electron chi connectivity index (χ3n) is 2.18. The summed E-state index contributed by atoms with van der Waals surface area (Å²) < 4.78 is 2.19. The van der Waals surface area contributed by atoms with E-state index < -0.39 is 0 Å². The predicted molar refractivity (Wildman–Crippen MR) is 62.4 cm³/mol. The van der Waals surface area contributed by atoms with Gasteiger partial charge in [0.1, 0.15) is 4.88 Å². The molecule has 4 nitrogen and oxygen atoms in total. The van der Waals surface area contributed by atoms with Crippen molar-refractivity contribution in [3.63, 3.8) is 0 Å². The van der Waals surface area contributed by atoms with Crippen molar-refractivity contribution >= 4 is 31.9 Å². The lowest BCUT2D eigenvalue weighted by Gasteiger charge is -1.98. The first-order valence-corrected chi connectivity index (χ1v) is 6.22. The molecule has 2 heterocycles. The van der Waals surface area contributed by atoms with Crippen molar-refractivity contribution < 1.29 is 9.62 Å². The molecule has 2 N–H and O–H groups in total. The van der Waals surface area contributed by atoms with Crippen molar-refractivity contribution in [2.75, 3.05) is 5.73 Å². The van der Waals surface area contributed by atoms with Crippen LogP contribution in [-0.4, -0.2) is 5.10 Å². The molecule has 0 aliphatic rings. The minimum Gasteiger partial charge on any atom is -0.820 e. The Balaban J connectivity index is 2.25. The SMILES string of the molecule is Nc1n[n+]2c([O-])c(-c3ccccc3)sc2s1. The van der Waals surface area contributed by atoms with Crippen molar-refractivity contribution in [1.82, 2.24) is 5.10 Å². The maximum absolute atomic E-state index is 12.0. The third-order valence-corrected chi connectivity index (χ3v) is 4.28. The summed E-state index contributed by atoms with van der Waals surface area (Å²) >= 11 is 2.75. The number of anilines is 1. The maximum Gasteiger partial charge on any atom is 0.354 e. The molecule has 6 heteroatoms. The monoisotopic (exact) mass is 249 g/mol. The summed E-state index contributed by atoms with van der Waals surface area (Å²) in [5.41, 5.74) is 6.47. The fourth-order valence-electron chi connectivity index (χ4n) is 1.48. The fourth-order valence-corrected chi connectivity index (χ4v) is 3.48. The second-order valence-corrected chi connectivity index (χ2v) is 5.49. The van der Waals surface area contributed by atoms with Crippen LogP contribution >= 0.6 is 22.7 Å². The molecule has 0 saturated carbocycles. The quantitative estimate of drug-likeness (QED) is 0.660. The van der Waals surface area contributed by atoms with Crippen LogP contribution in [0.25, 0.3) is 14.6 Å². The number of nitrogens with zero attached hydrogens (tertiary/aromatic N) is 2. The van der Waals surface area contributed by atoms with Crippen LogP contribution in [0.1, 0.15) is 0 Å². The first-order chi connectivity index (χ1) is 7.75. The largest absolute Gasteiger partial charge is 0.820 e. The summed E-state index contributed by atoms with van der Waals surface area (Å²) in [5.74, 6) is -0.0980. The van der Waals surface area contributed by atoms with Crippen LogP contribution in [-0.2, 0) is 0 Å². The highest BCUT2D eigenvalue weighted by molar-refractivity contribution is 7.38. The molecule has 3 aromatic rings. The molecule has 0 spiro atoms. The molecule has 0 unspecified atom stereocenters. The third kappa shape index (κ3) is 1.35. The van der Waals surface area contributed by atoms with Crippen LogP contribution in [0.5, 0.6) is 5.88 Å². The van der Waals surface area contributed by atoms with E-state index in [0.717, 1.165) is 9.71 Å². The van der Waals surface area contributed by atoms with Crippen LogP contribution in [0.4, 0.5) is 5.13 Å². The standard InChI is InChI=1S/C10H7N3OS2/c11-9-12-13-8(14)7(15-10(13)16-9)6-4-2-1-3-5-6/h1-5H,(H2-,11,12,14). The van der Waals surface area contributed by atoms with E-state index in [2.05, 4.69) is 5.10 Å². The number of nitrogens with two attached hydrogens (primary N) is 1. The summed E-state index contributed by atoms with van der Waals surface area (Å²) in [6.07, 6.45) is 0. The van der Waals surface area contributed by atoms with Gasteiger partial charge >= 0.3 is 4.14 Å². The van der Waals surface area contributed by atoms with Gasteiger partial charge in [0.2, 0.25) is 5.88 Å². The average Bonchev–Trinajstić information content (AvgIpc) is 2.79. The molecule has 0 saturated heterocycles. The fraction of sp³-hybridized carbons (Fsp3) is 0. The van der Waals surface area contributed by atoms with Gasteiger partial charge < -0.3 is 10.8 Å². The molecular formula is C10H7N3OS2. The molecule has 3 rings (SSSR count). The molecule has 0 radical (unpaired) electrons. The van der Waals surface area contributed by atoms with Gasteiger partial charge in [-0.15, -0.1) is 0 Å². The predicted octanol–water partition coefficient (Wildman–Crippen LogP) is 1.27. The van der Waals surface area contributed by atoms with Crippen molar-refractivity contribution in [1.29, 1.82) is 0 Å². The highest BCUT2D eigenvalue weighted by Gasteiger charge is 2.20. The Kier molecular flexibility index (Phi) is 2.05. The first-order valence-electron chi connectivity index (χ1n) is 4.59.